The first-order valence-corrected chi connectivity index (χ1v) is 4.67. The molecule has 1 rings (SSSR count). The standard InChI is InChI=1S/C9H8ClN5O2/c10-14(8(12)13)9(16)15(17-6-11)7-4-2-1-3-5-7/h1-5H,(H3,12,13). The fraction of sp³-hybridized carbons (Fsp3) is 0. The number of nitrogens with zero attached hydrogens (tertiary/aromatic N) is 3. The molecule has 0 bridgehead atoms. The molecule has 1 aromatic rings. The number of hydrogen-bond acceptors (Lipinski definition) is 4. The molecule has 8 heteroatoms. The molecule has 0 saturated heterocycles. The number of halogens is 1. The van der Waals surface area contributed by atoms with Gasteiger partial charge in [-0.15, -0.1) is 10.3 Å². The minimum Gasteiger partial charge on any atom is -0.369 e. The molecule has 2 amide bonds. The lowest BCUT2D eigenvalue weighted by Gasteiger charge is -2.20. The van der Waals surface area contributed by atoms with Gasteiger partial charge in [0.1, 0.15) is 0 Å². The fourth-order valence-corrected chi connectivity index (χ4v) is 1.06. The van der Waals surface area contributed by atoms with Crippen LogP contribution in [-0.4, -0.2) is 16.4 Å². The number of hydroxylamine groups is 1. The predicted octanol–water partition coefficient (Wildman–Crippen LogP) is 1.37. The van der Waals surface area contributed by atoms with Crippen LogP contribution in [0.3, 0.4) is 0 Å². The highest BCUT2D eigenvalue weighted by molar-refractivity contribution is 6.31. The van der Waals surface area contributed by atoms with Crippen LogP contribution in [0.1, 0.15) is 0 Å². The zero-order valence-electron chi connectivity index (χ0n) is 8.50. The molecule has 3 N–H and O–H groups in total. The van der Waals surface area contributed by atoms with E-state index in [0.29, 0.717) is 9.48 Å². The van der Waals surface area contributed by atoms with Gasteiger partial charge in [-0.1, -0.05) is 18.2 Å². The van der Waals surface area contributed by atoms with E-state index in [1.54, 1.807) is 18.2 Å². The molecule has 0 unspecified atom stereocenters. The zero-order valence-corrected chi connectivity index (χ0v) is 9.26. The Kier molecular flexibility index (Phi) is 4.14. The molecule has 0 radical (unpaired) electrons. The summed E-state index contributed by atoms with van der Waals surface area (Å²) in [6.45, 7) is 0. The van der Waals surface area contributed by atoms with E-state index < -0.39 is 12.0 Å². The summed E-state index contributed by atoms with van der Waals surface area (Å²) in [5.41, 5.74) is 5.32. The maximum atomic E-state index is 11.7. The number of benzene rings is 1. The lowest BCUT2D eigenvalue weighted by Crippen LogP contribution is -2.43. The summed E-state index contributed by atoms with van der Waals surface area (Å²) in [5.74, 6) is -0.681. The molecule has 7 nitrogen and oxygen atoms in total. The van der Waals surface area contributed by atoms with E-state index in [4.69, 9.17) is 28.2 Å². The van der Waals surface area contributed by atoms with Crippen LogP contribution in [-0.2, 0) is 4.84 Å². The Morgan fingerprint density at radius 1 is 1.47 bits per heavy atom. The van der Waals surface area contributed by atoms with Crippen LogP contribution in [0.4, 0.5) is 10.5 Å². The maximum Gasteiger partial charge on any atom is 0.380 e. The van der Waals surface area contributed by atoms with Crippen molar-refractivity contribution in [2.75, 3.05) is 5.06 Å². The van der Waals surface area contributed by atoms with Crippen LogP contribution in [0.5, 0.6) is 0 Å². The molecule has 0 heterocycles. The molecular formula is C9H8ClN5O2. The number of amides is 2. The van der Waals surface area contributed by atoms with Crippen molar-refractivity contribution < 1.29 is 9.63 Å². The highest BCUT2D eigenvalue weighted by Gasteiger charge is 2.25. The molecular weight excluding hydrogens is 246 g/mol. The molecule has 0 atom stereocenters. The van der Waals surface area contributed by atoms with Gasteiger partial charge in [-0.2, -0.15) is 4.42 Å². The Labute approximate surface area is 102 Å². The van der Waals surface area contributed by atoms with E-state index in [0.717, 1.165) is 0 Å². The minimum atomic E-state index is -0.966. The van der Waals surface area contributed by atoms with Crippen molar-refractivity contribution in [3.05, 3.63) is 30.3 Å². The zero-order chi connectivity index (χ0) is 12.8. The van der Waals surface area contributed by atoms with Gasteiger partial charge in [0.2, 0.25) is 5.96 Å². The van der Waals surface area contributed by atoms with Gasteiger partial charge < -0.3 is 5.73 Å². The van der Waals surface area contributed by atoms with E-state index in [1.807, 2.05) is 0 Å². The van der Waals surface area contributed by atoms with Crippen LogP contribution in [0.2, 0.25) is 0 Å². The number of guanidine groups is 1. The van der Waals surface area contributed by atoms with E-state index in [2.05, 4.69) is 4.84 Å². The van der Waals surface area contributed by atoms with Gasteiger partial charge in [-0.05, 0) is 12.1 Å². The summed E-state index contributed by atoms with van der Waals surface area (Å²) in [6.07, 6.45) is 1.35. The van der Waals surface area contributed by atoms with E-state index in [9.17, 15) is 4.79 Å². The van der Waals surface area contributed by atoms with Gasteiger partial charge >= 0.3 is 12.3 Å². The van der Waals surface area contributed by atoms with Gasteiger partial charge in [0.25, 0.3) is 0 Å². The number of nitriles is 1. The quantitative estimate of drug-likeness (QED) is 0.273. The highest BCUT2D eigenvalue weighted by atomic mass is 35.5. The first-order chi connectivity index (χ1) is 8.07. The van der Waals surface area contributed by atoms with Crippen molar-refractivity contribution in [3.63, 3.8) is 0 Å². The fourth-order valence-electron chi connectivity index (χ4n) is 0.989. The number of hydrogen-bond donors (Lipinski definition) is 2. The second-order valence-electron chi connectivity index (χ2n) is 2.76. The molecule has 0 fully saturated rings. The predicted molar refractivity (Wildman–Crippen MR) is 60.6 cm³/mol. The largest absolute Gasteiger partial charge is 0.380 e. The summed E-state index contributed by atoms with van der Waals surface area (Å²) in [5, 5.41) is 16.1. The summed E-state index contributed by atoms with van der Waals surface area (Å²) < 4.78 is 0.324. The van der Waals surface area contributed by atoms with Gasteiger partial charge in [0, 0.05) is 11.8 Å². The van der Waals surface area contributed by atoms with Crippen LogP contribution in [0.25, 0.3) is 0 Å². The van der Waals surface area contributed by atoms with Gasteiger partial charge in [0.15, 0.2) is 0 Å². The lowest BCUT2D eigenvalue weighted by atomic mass is 10.3. The molecule has 0 aliphatic carbocycles. The number of carbonyl (C=O) groups is 1. The normalized spacial score (nSPS) is 8.94. The second kappa shape index (κ2) is 5.58. The smallest absolute Gasteiger partial charge is 0.369 e. The van der Waals surface area contributed by atoms with Crippen LogP contribution >= 0.6 is 11.8 Å². The number of nitrogens with one attached hydrogen (secondary N) is 1. The van der Waals surface area contributed by atoms with Crippen molar-refractivity contribution in [2.45, 2.75) is 0 Å². The van der Waals surface area contributed by atoms with E-state index in [1.165, 1.54) is 18.4 Å². The van der Waals surface area contributed by atoms with Crippen molar-refractivity contribution >= 4 is 29.5 Å². The summed E-state index contributed by atoms with van der Waals surface area (Å²) >= 11 is 5.45. The Balaban J connectivity index is 2.99. The molecule has 0 aliphatic rings. The van der Waals surface area contributed by atoms with Crippen molar-refractivity contribution in [3.8, 4) is 6.26 Å². The molecule has 0 aromatic heterocycles. The third-order valence-corrected chi connectivity index (χ3v) is 2.00. The number of anilines is 1. The topological polar surface area (TPSA) is 106 Å². The minimum absolute atomic E-state index is 0.283. The summed E-state index contributed by atoms with van der Waals surface area (Å²) in [7, 11) is 0. The van der Waals surface area contributed by atoms with Crippen LogP contribution < -0.4 is 10.8 Å². The number of carbonyl (C=O) groups excluding carboxylic acids is 1. The second-order valence-corrected chi connectivity index (χ2v) is 3.10. The average Bonchev–Trinajstić information content (AvgIpc) is 2.35. The number of para-hydroxylation sites is 1. The Bertz CT molecular complexity index is 458. The Hall–Kier alpha value is -2.46. The third-order valence-electron chi connectivity index (χ3n) is 1.68. The van der Waals surface area contributed by atoms with Gasteiger partial charge in [-0.3, -0.25) is 10.2 Å². The highest BCUT2D eigenvalue weighted by Crippen LogP contribution is 2.16. The number of nitrogens with two attached hydrogens (primary N) is 1. The molecule has 0 spiro atoms. The molecule has 0 aliphatic heterocycles. The Morgan fingerprint density at radius 3 is 2.53 bits per heavy atom. The first-order valence-electron chi connectivity index (χ1n) is 4.33. The Morgan fingerprint density at radius 2 is 2.06 bits per heavy atom. The molecule has 88 valence electrons. The van der Waals surface area contributed by atoms with Crippen molar-refractivity contribution in [1.29, 1.82) is 10.7 Å². The maximum absolute atomic E-state index is 11.7. The third kappa shape index (κ3) is 2.99. The molecule has 1 aromatic carbocycles. The monoisotopic (exact) mass is 253 g/mol. The average molecular weight is 254 g/mol. The first kappa shape index (κ1) is 12.6. The van der Waals surface area contributed by atoms with Crippen LogP contribution in [0, 0.1) is 16.9 Å². The van der Waals surface area contributed by atoms with Crippen LogP contribution in [0.15, 0.2) is 30.3 Å². The number of rotatable bonds is 2. The van der Waals surface area contributed by atoms with Gasteiger partial charge in [0.05, 0.1) is 5.69 Å². The van der Waals surface area contributed by atoms with Crippen molar-refractivity contribution in [2.24, 2.45) is 5.73 Å². The SMILES string of the molecule is N#CON(C(=O)N(Cl)C(=N)N)c1ccccc1. The van der Waals surface area contributed by atoms with Crippen molar-refractivity contribution in [1.82, 2.24) is 4.42 Å². The summed E-state index contributed by atoms with van der Waals surface area (Å²) in [6, 6.07) is 7.10. The van der Waals surface area contributed by atoms with E-state index >= 15 is 0 Å². The lowest BCUT2D eigenvalue weighted by molar-refractivity contribution is 0.192. The number of urea groups is 1. The molecule has 17 heavy (non-hydrogen) atoms. The van der Waals surface area contributed by atoms with Gasteiger partial charge in [-0.25, -0.2) is 4.79 Å². The molecule has 0 saturated carbocycles. The summed E-state index contributed by atoms with van der Waals surface area (Å²) in [4.78, 5) is 16.2. The van der Waals surface area contributed by atoms with E-state index in [-0.39, 0.29) is 5.69 Å².